The summed E-state index contributed by atoms with van der Waals surface area (Å²) in [5, 5.41) is 2.80. The molecule has 0 aromatic heterocycles. The van der Waals surface area contributed by atoms with Crippen molar-refractivity contribution >= 4 is 5.91 Å². The second-order valence-corrected chi connectivity index (χ2v) is 4.09. The van der Waals surface area contributed by atoms with Crippen LogP contribution in [0.1, 0.15) is 11.1 Å². The molecule has 100 valence electrons. The van der Waals surface area contributed by atoms with Crippen molar-refractivity contribution in [2.24, 2.45) is 0 Å². The molecule has 0 spiro atoms. The Morgan fingerprint density at radius 3 is 2.56 bits per heavy atom. The number of alkyl halides is 3. The van der Waals surface area contributed by atoms with Gasteiger partial charge >= 0.3 is 6.18 Å². The normalized spacial score (nSPS) is 11.4. The Labute approximate surface area is 104 Å². The van der Waals surface area contributed by atoms with E-state index in [1.165, 1.54) is 11.0 Å². The zero-order valence-corrected chi connectivity index (χ0v) is 10.2. The van der Waals surface area contributed by atoms with E-state index in [-0.39, 0.29) is 19.0 Å². The van der Waals surface area contributed by atoms with Crippen LogP contribution in [0.4, 0.5) is 13.2 Å². The minimum absolute atomic E-state index is 0.100. The number of benzene rings is 1. The van der Waals surface area contributed by atoms with Gasteiger partial charge in [0.25, 0.3) is 0 Å². The summed E-state index contributed by atoms with van der Waals surface area (Å²) in [5.74, 6) is -0.123. The molecule has 0 heterocycles. The van der Waals surface area contributed by atoms with Crippen molar-refractivity contribution < 1.29 is 18.0 Å². The van der Waals surface area contributed by atoms with E-state index in [0.717, 1.165) is 12.1 Å². The number of hydrogen-bond acceptors (Lipinski definition) is 2. The highest BCUT2D eigenvalue weighted by Crippen LogP contribution is 2.29. The first kappa shape index (κ1) is 14.5. The Balaban J connectivity index is 2.56. The second kappa shape index (κ2) is 5.86. The largest absolute Gasteiger partial charge is 0.416 e. The first-order valence-corrected chi connectivity index (χ1v) is 5.37. The van der Waals surface area contributed by atoms with Gasteiger partial charge in [-0.25, -0.2) is 0 Å². The van der Waals surface area contributed by atoms with E-state index in [1.54, 1.807) is 20.2 Å². The van der Waals surface area contributed by atoms with Crippen LogP contribution >= 0.6 is 0 Å². The molecule has 0 aliphatic heterocycles. The molecular weight excluding hydrogens is 245 g/mol. The van der Waals surface area contributed by atoms with Gasteiger partial charge < -0.3 is 10.2 Å². The van der Waals surface area contributed by atoms with Gasteiger partial charge in [-0.05, 0) is 11.6 Å². The molecule has 3 nitrogen and oxygen atoms in total. The molecule has 1 aromatic rings. The molecule has 0 aliphatic rings. The summed E-state index contributed by atoms with van der Waals surface area (Å²) in [6.07, 6.45) is -4.34. The minimum Gasteiger partial charge on any atom is -0.348 e. The van der Waals surface area contributed by atoms with E-state index in [4.69, 9.17) is 0 Å². The van der Waals surface area contributed by atoms with Gasteiger partial charge in [-0.1, -0.05) is 18.2 Å². The summed E-state index contributed by atoms with van der Waals surface area (Å²) >= 11 is 0. The quantitative estimate of drug-likeness (QED) is 0.896. The van der Waals surface area contributed by atoms with Crippen LogP contribution in [-0.2, 0) is 17.5 Å². The monoisotopic (exact) mass is 260 g/mol. The van der Waals surface area contributed by atoms with Crippen LogP contribution in [0.3, 0.4) is 0 Å². The van der Waals surface area contributed by atoms with Gasteiger partial charge in [-0.2, -0.15) is 13.2 Å². The summed E-state index contributed by atoms with van der Waals surface area (Å²) < 4.78 is 37.3. The van der Waals surface area contributed by atoms with E-state index in [1.807, 2.05) is 0 Å². The summed E-state index contributed by atoms with van der Waals surface area (Å²) in [7, 11) is 3.24. The lowest BCUT2D eigenvalue weighted by Gasteiger charge is -2.12. The Kier molecular flexibility index (Phi) is 4.72. The van der Waals surface area contributed by atoms with Gasteiger partial charge in [0, 0.05) is 20.6 Å². The number of rotatable bonds is 4. The molecular formula is C12H15F3N2O. The van der Waals surface area contributed by atoms with Crippen LogP contribution in [0.2, 0.25) is 0 Å². The third-order valence-corrected chi connectivity index (χ3v) is 2.36. The number of carbonyl (C=O) groups excluding carboxylic acids is 1. The minimum atomic E-state index is -4.34. The Hall–Kier alpha value is -1.56. The summed E-state index contributed by atoms with van der Waals surface area (Å²) in [5.41, 5.74) is -0.183. The molecule has 0 fully saturated rings. The molecule has 6 heteroatoms. The van der Waals surface area contributed by atoms with Gasteiger partial charge in [0.1, 0.15) is 0 Å². The molecule has 0 atom stereocenters. The van der Waals surface area contributed by atoms with Crippen molar-refractivity contribution in [2.45, 2.75) is 12.7 Å². The van der Waals surface area contributed by atoms with Crippen molar-refractivity contribution in [3.8, 4) is 0 Å². The molecule has 0 saturated heterocycles. The third kappa shape index (κ3) is 4.37. The van der Waals surface area contributed by atoms with Crippen molar-refractivity contribution in [3.05, 3.63) is 35.4 Å². The molecule has 1 N–H and O–H groups in total. The van der Waals surface area contributed by atoms with Gasteiger partial charge in [0.2, 0.25) is 5.91 Å². The highest BCUT2D eigenvalue weighted by molar-refractivity contribution is 5.77. The number of hydrogen-bond donors (Lipinski definition) is 1. The number of carbonyl (C=O) groups is 1. The zero-order valence-electron chi connectivity index (χ0n) is 10.2. The highest BCUT2D eigenvalue weighted by atomic mass is 19.4. The van der Waals surface area contributed by atoms with Crippen LogP contribution in [-0.4, -0.2) is 31.4 Å². The fourth-order valence-corrected chi connectivity index (χ4v) is 1.33. The lowest BCUT2D eigenvalue weighted by molar-refractivity contribution is -0.137. The Morgan fingerprint density at radius 1 is 1.33 bits per heavy atom. The predicted molar refractivity (Wildman–Crippen MR) is 61.8 cm³/mol. The van der Waals surface area contributed by atoms with E-state index < -0.39 is 11.7 Å². The molecule has 1 amide bonds. The summed E-state index contributed by atoms with van der Waals surface area (Å²) in [6.45, 7) is 0.326. The molecule has 0 radical (unpaired) electrons. The highest BCUT2D eigenvalue weighted by Gasteiger charge is 2.30. The van der Waals surface area contributed by atoms with Crippen molar-refractivity contribution in [3.63, 3.8) is 0 Å². The number of amides is 1. The van der Waals surface area contributed by atoms with Crippen molar-refractivity contribution in [2.75, 3.05) is 20.6 Å². The maximum Gasteiger partial charge on any atom is 0.416 e. The third-order valence-electron chi connectivity index (χ3n) is 2.36. The van der Waals surface area contributed by atoms with Gasteiger partial charge in [0.15, 0.2) is 0 Å². The van der Waals surface area contributed by atoms with Gasteiger partial charge in [-0.15, -0.1) is 0 Å². The first-order valence-electron chi connectivity index (χ1n) is 5.37. The fourth-order valence-electron chi connectivity index (χ4n) is 1.33. The number of likely N-dealkylation sites (N-methyl/N-ethyl adjacent to an activating group) is 1. The average Bonchev–Trinajstić information content (AvgIpc) is 2.28. The van der Waals surface area contributed by atoms with Crippen LogP contribution in [0, 0.1) is 0 Å². The fraction of sp³-hybridized carbons (Fsp3) is 0.417. The van der Waals surface area contributed by atoms with Gasteiger partial charge in [-0.3, -0.25) is 4.79 Å². The predicted octanol–water partition coefficient (Wildman–Crippen LogP) is 1.88. The topological polar surface area (TPSA) is 32.3 Å². The number of nitrogens with zero attached hydrogens (tertiary/aromatic N) is 1. The second-order valence-electron chi connectivity index (χ2n) is 4.09. The van der Waals surface area contributed by atoms with Crippen LogP contribution in [0.25, 0.3) is 0 Å². The number of halogens is 3. The van der Waals surface area contributed by atoms with Crippen molar-refractivity contribution in [1.29, 1.82) is 0 Å². The standard InChI is InChI=1S/C12H15F3N2O/c1-17(2)11(18)8-16-7-9-4-3-5-10(6-9)12(13,14)15/h3-6,16H,7-8H2,1-2H3. The van der Waals surface area contributed by atoms with Crippen LogP contribution in [0.15, 0.2) is 24.3 Å². The van der Waals surface area contributed by atoms with E-state index >= 15 is 0 Å². The van der Waals surface area contributed by atoms with Crippen LogP contribution < -0.4 is 5.32 Å². The summed E-state index contributed by atoms with van der Waals surface area (Å²) in [4.78, 5) is 12.7. The number of nitrogens with one attached hydrogen (secondary N) is 1. The maximum atomic E-state index is 12.4. The van der Waals surface area contributed by atoms with E-state index in [2.05, 4.69) is 5.32 Å². The molecule has 0 bridgehead atoms. The van der Waals surface area contributed by atoms with Gasteiger partial charge in [0.05, 0.1) is 12.1 Å². The summed E-state index contributed by atoms with van der Waals surface area (Å²) in [6, 6.07) is 5.04. The first-order chi connectivity index (χ1) is 8.30. The van der Waals surface area contributed by atoms with Crippen molar-refractivity contribution in [1.82, 2.24) is 10.2 Å². The molecule has 0 aliphatic carbocycles. The average molecular weight is 260 g/mol. The molecule has 0 saturated carbocycles. The lowest BCUT2D eigenvalue weighted by Crippen LogP contribution is -2.32. The Morgan fingerprint density at radius 2 is 2.00 bits per heavy atom. The molecule has 1 rings (SSSR count). The lowest BCUT2D eigenvalue weighted by atomic mass is 10.1. The van der Waals surface area contributed by atoms with Crippen LogP contribution in [0.5, 0.6) is 0 Å². The molecule has 0 unspecified atom stereocenters. The van der Waals surface area contributed by atoms with E-state index in [9.17, 15) is 18.0 Å². The Bertz CT molecular complexity index is 416. The molecule has 18 heavy (non-hydrogen) atoms. The zero-order chi connectivity index (χ0) is 13.8. The maximum absolute atomic E-state index is 12.4. The SMILES string of the molecule is CN(C)C(=O)CNCc1cccc(C(F)(F)F)c1. The molecule has 1 aromatic carbocycles. The van der Waals surface area contributed by atoms with E-state index in [0.29, 0.717) is 5.56 Å². The smallest absolute Gasteiger partial charge is 0.348 e.